The van der Waals surface area contributed by atoms with Crippen LogP contribution in [0.3, 0.4) is 0 Å². The summed E-state index contributed by atoms with van der Waals surface area (Å²) in [6.45, 7) is 4.60. The Morgan fingerprint density at radius 1 is 1.00 bits per heavy atom. The number of fused-ring (bicyclic) bond motifs is 1. The minimum Gasteiger partial charge on any atom is -0.486 e. The molecule has 1 spiro atoms. The number of likely N-dealkylation sites (tertiary alicyclic amines) is 2. The smallest absolute Gasteiger partial charge is 0.222 e. The molecule has 4 rings (SSSR count). The first-order chi connectivity index (χ1) is 12.2. The number of carbonyl (C=O) groups excluding carboxylic acids is 2. The lowest BCUT2D eigenvalue weighted by Gasteiger charge is -2.37. The molecule has 0 N–H and O–H groups in total. The van der Waals surface area contributed by atoms with Crippen molar-refractivity contribution < 1.29 is 14.3 Å². The van der Waals surface area contributed by atoms with E-state index in [0.717, 1.165) is 69.7 Å². The first-order valence-corrected chi connectivity index (χ1v) is 9.47. The van der Waals surface area contributed by atoms with Gasteiger partial charge in [0.15, 0.2) is 5.78 Å². The first kappa shape index (κ1) is 16.6. The van der Waals surface area contributed by atoms with E-state index in [-0.39, 0.29) is 11.4 Å². The molecule has 3 aliphatic rings. The maximum absolute atomic E-state index is 12.6. The SMILES string of the molecule is O=C1CC2(CCCN(CCN3CCCC3=O)CC2)Oc2ccccc21. The Labute approximate surface area is 148 Å². The molecule has 25 heavy (non-hydrogen) atoms. The van der Waals surface area contributed by atoms with Crippen LogP contribution in [0.25, 0.3) is 0 Å². The minimum absolute atomic E-state index is 0.206. The minimum atomic E-state index is -0.344. The molecule has 0 aliphatic carbocycles. The van der Waals surface area contributed by atoms with Crippen LogP contribution in [0.1, 0.15) is 48.9 Å². The number of carbonyl (C=O) groups is 2. The van der Waals surface area contributed by atoms with Gasteiger partial charge in [-0.1, -0.05) is 12.1 Å². The second kappa shape index (κ2) is 6.79. The molecule has 2 saturated heterocycles. The normalized spacial score (nSPS) is 27.3. The van der Waals surface area contributed by atoms with Crippen molar-refractivity contribution in [3.8, 4) is 5.75 Å². The molecule has 5 nitrogen and oxygen atoms in total. The molecule has 5 heteroatoms. The summed E-state index contributed by atoms with van der Waals surface area (Å²) in [4.78, 5) is 28.7. The molecule has 0 radical (unpaired) electrons. The van der Waals surface area contributed by atoms with Gasteiger partial charge in [-0.2, -0.15) is 0 Å². The van der Waals surface area contributed by atoms with Crippen LogP contribution in [0.5, 0.6) is 5.75 Å². The molecule has 3 aliphatic heterocycles. The fraction of sp³-hybridized carbons (Fsp3) is 0.600. The number of ketones is 1. The molecule has 1 aromatic carbocycles. The third-order valence-corrected chi connectivity index (χ3v) is 5.84. The monoisotopic (exact) mass is 342 g/mol. The van der Waals surface area contributed by atoms with Gasteiger partial charge in [0.2, 0.25) is 5.91 Å². The average molecular weight is 342 g/mol. The van der Waals surface area contributed by atoms with Crippen molar-refractivity contribution in [2.45, 2.75) is 44.1 Å². The molecule has 1 atom stereocenters. The predicted octanol–water partition coefficient (Wildman–Crippen LogP) is 2.50. The maximum atomic E-state index is 12.6. The fourth-order valence-electron chi connectivity index (χ4n) is 4.37. The topological polar surface area (TPSA) is 49.9 Å². The van der Waals surface area contributed by atoms with Gasteiger partial charge < -0.3 is 14.5 Å². The predicted molar refractivity (Wildman–Crippen MR) is 94.9 cm³/mol. The number of benzene rings is 1. The van der Waals surface area contributed by atoms with Crippen LogP contribution < -0.4 is 4.74 Å². The standard InChI is InChI=1S/C20H26N2O3/c23-17-15-20(25-18-6-2-1-5-16(17)18)8-4-10-21(12-9-20)13-14-22-11-3-7-19(22)24/h1-2,5-6H,3-4,7-15H2. The van der Waals surface area contributed by atoms with E-state index in [2.05, 4.69) is 4.90 Å². The Hall–Kier alpha value is -1.88. The molecule has 0 saturated carbocycles. The molecular weight excluding hydrogens is 316 g/mol. The Kier molecular flexibility index (Phi) is 4.50. The second-order valence-corrected chi connectivity index (χ2v) is 7.56. The van der Waals surface area contributed by atoms with E-state index in [0.29, 0.717) is 18.7 Å². The molecular formula is C20H26N2O3. The zero-order chi connectivity index (χ0) is 17.3. The number of nitrogens with zero attached hydrogens (tertiary/aromatic N) is 2. The summed E-state index contributed by atoms with van der Waals surface area (Å²) in [7, 11) is 0. The maximum Gasteiger partial charge on any atom is 0.222 e. The van der Waals surface area contributed by atoms with Crippen molar-refractivity contribution in [3.05, 3.63) is 29.8 Å². The lowest BCUT2D eigenvalue weighted by atomic mass is 9.84. The molecule has 0 aromatic heterocycles. The molecule has 2 fully saturated rings. The Morgan fingerprint density at radius 3 is 2.72 bits per heavy atom. The van der Waals surface area contributed by atoms with Crippen LogP contribution in [0.2, 0.25) is 0 Å². The first-order valence-electron chi connectivity index (χ1n) is 9.47. The van der Waals surface area contributed by atoms with E-state index >= 15 is 0 Å². The third kappa shape index (κ3) is 3.43. The molecule has 1 aromatic rings. The molecule has 1 unspecified atom stereocenters. The highest BCUT2D eigenvalue weighted by atomic mass is 16.5. The van der Waals surface area contributed by atoms with Crippen LogP contribution in [0, 0.1) is 0 Å². The molecule has 1 amide bonds. The van der Waals surface area contributed by atoms with Gasteiger partial charge >= 0.3 is 0 Å². The van der Waals surface area contributed by atoms with Gasteiger partial charge in [0.05, 0.1) is 12.0 Å². The highest BCUT2D eigenvalue weighted by molar-refractivity contribution is 6.00. The Bertz CT molecular complexity index is 675. The van der Waals surface area contributed by atoms with E-state index < -0.39 is 0 Å². The summed E-state index contributed by atoms with van der Waals surface area (Å²) in [5.74, 6) is 1.25. The van der Waals surface area contributed by atoms with Crippen LogP contribution in [-0.4, -0.2) is 59.8 Å². The number of hydrogen-bond donors (Lipinski definition) is 0. The largest absolute Gasteiger partial charge is 0.486 e. The molecule has 134 valence electrons. The number of ether oxygens (including phenoxy) is 1. The van der Waals surface area contributed by atoms with E-state index in [4.69, 9.17) is 4.74 Å². The van der Waals surface area contributed by atoms with Gasteiger partial charge in [-0.25, -0.2) is 0 Å². The van der Waals surface area contributed by atoms with Crippen LogP contribution >= 0.6 is 0 Å². The summed E-state index contributed by atoms with van der Waals surface area (Å²) < 4.78 is 6.34. The summed E-state index contributed by atoms with van der Waals surface area (Å²) in [5.41, 5.74) is 0.380. The van der Waals surface area contributed by atoms with Gasteiger partial charge in [-0.3, -0.25) is 9.59 Å². The van der Waals surface area contributed by atoms with Crippen molar-refractivity contribution >= 4 is 11.7 Å². The highest BCUT2D eigenvalue weighted by Crippen LogP contribution is 2.39. The fourth-order valence-corrected chi connectivity index (χ4v) is 4.37. The number of rotatable bonds is 3. The number of amides is 1. The lowest BCUT2D eigenvalue weighted by Crippen LogP contribution is -2.43. The summed E-state index contributed by atoms with van der Waals surface area (Å²) in [5, 5.41) is 0. The van der Waals surface area contributed by atoms with Crippen molar-refractivity contribution in [2.75, 3.05) is 32.7 Å². The van der Waals surface area contributed by atoms with E-state index in [1.807, 2.05) is 29.2 Å². The van der Waals surface area contributed by atoms with Gasteiger partial charge in [-0.05, 0) is 37.9 Å². The summed E-state index contributed by atoms with van der Waals surface area (Å²) in [6, 6.07) is 7.60. The van der Waals surface area contributed by atoms with Gasteiger partial charge in [0.25, 0.3) is 0 Å². The van der Waals surface area contributed by atoms with Crippen LogP contribution in [0.15, 0.2) is 24.3 Å². The highest BCUT2D eigenvalue weighted by Gasteiger charge is 2.41. The Morgan fingerprint density at radius 2 is 1.88 bits per heavy atom. The number of Topliss-reactive ketones (excluding diaryl/α,β-unsaturated/α-hetero) is 1. The lowest BCUT2D eigenvalue weighted by molar-refractivity contribution is -0.127. The zero-order valence-electron chi connectivity index (χ0n) is 14.7. The average Bonchev–Trinajstić information content (AvgIpc) is 2.92. The number of para-hydroxylation sites is 1. The van der Waals surface area contributed by atoms with E-state index in [1.54, 1.807) is 0 Å². The van der Waals surface area contributed by atoms with Crippen molar-refractivity contribution in [1.82, 2.24) is 9.80 Å². The van der Waals surface area contributed by atoms with Gasteiger partial charge in [0.1, 0.15) is 11.4 Å². The van der Waals surface area contributed by atoms with Crippen molar-refractivity contribution in [1.29, 1.82) is 0 Å². The van der Waals surface area contributed by atoms with Gasteiger partial charge in [0, 0.05) is 39.0 Å². The summed E-state index contributed by atoms with van der Waals surface area (Å²) in [6.07, 6.45) is 5.02. The zero-order valence-corrected chi connectivity index (χ0v) is 14.7. The third-order valence-electron chi connectivity index (χ3n) is 5.84. The van der Waals surface area contributed by atoms with Crippen LogP contribution in [0.4, 0.5) is 0 Å². The van der Waals surface area contributed by atoms with Crippen LogP contribution in [-0.2, 0) is 4.79 Å². The second-order valence-electron chi connectivity index (χ2n) is 7.56. The quantitative estimate of drug-likeness (QED) is 0.847. The van der Waals surface area contributed by atoms with Gasteiger partial charge in [-0.15, -0.1) is 0 Å². The molecule has 0 bridgehead atoms. The Balaban J connectivity index is 1.38. The van der Waals surface area contributed by atoms with Crippen molar-refractivity contribution in [3.63, 3.8) is 0 Å². The van der Waals surface area contributed by atoms with E-state index in [1.165, 1.54) is 0 Å². The van der Waals surface area contributed by atoms with Crippen molar-refractivity contribution in [2.24, 2.45) is 0 Å². The summed E-state index contributed by atoms with van der Waals surface area (Å²) >= 11 is 0. The number of hydrogen-bond acceptors (Lipinski definition) is 4. The molecule has 3 heterocycles. The van der Waals surface area contributed by atoms with E-state index in [9.17, 15) is 9.59 Å².